The number of amides is 1. The number of fused-ring (bicyclic) bond motifs is 1. The van der Waals surface area contributed by atoms with Crippen molar-refractivity contribution in [2.75, 3.05) is 23.3 Å². The number of hydrogen-bond donors (Lipinski definition) is 1. The molecule has 0 unspecified atom stereocenters. The first-order chi connectivity index (χ1) is 17.5. The summed E-state index contributed by atoms with van der Waals surface area (Å²) >= 11 is 0. The van der Waals surface area contributed by atoms with E-state index in [0.717, 1.165) is 50.9 Å². The van der Waals surface area contributed by atoms with Crippen molar-refractivity contribution in [1.29, 1.82) is 0 Å². The van der Waals surface area contributed by atoms with E-state index in [-0.39, 0.29) is 11.3 Å². The van der Waals surface area contributed by atoms with E-state index in [1.54, 1.807) is 35.1 Å². The number of aromatic nitrogens is 3. The van der Waals surface area contributed by atoms with Crippen molar-refractivity contribution < 1.29 is 9.72 Å². The van der Waals surface area contributed by atoms with E-state index < -0.39 is 10.8 Å². The molecule has 0 atom stereocenters. The molecule has 36 heavy (non-hydrogen) atoms. The van der Waals surface area contributed by atoms with E-state index >= 15 is 0 Å². The second-order valence-electron chi connectivity index (χ2n) is 9.07. The minimum Gasteiger partial charge on any atom is -0.366 e. The van der Waals surface area contributed by atoms with Crippen molar-refractivity contribution in [2.45, 2.75) is 39.0 Å². The Morgan fingerprint density at radius 3 is 2.47 bits per heavy atom. The quantitative estimate of drug-likeness (QED) is 0.261. The lowest BCUT2D eigenvalue weighted by Gasteiger charge is -2.17. The summed E-state index contributed by atoms with van der Waals surface area (Å²) in [5.74, 6) is -0.416. The molecular weight excluding hydrogens is 456 g/mol. The van der Waals surface area contributed by atoms with Crippen LogP contribution in [-0.4, -0.2) is 38.9 Å². The van der Waals surface area contributed by atoms with E-state index in [9.17, 15) is 14.9 Å². The Morgan fingerprint density at radius 2 is 1.75 bits per heavy atom. The van der Waals surface area contributed by atoms with Gasteiger partial charge in [0.15, 0.2) is 0 Å². The van der Waals surface area contributed by atoms with Crippen LogP contribution in [0.2, 0.25) is 0 Å². The van der Waals surface area contributed by atoms with E-state index in [1.807, 2.05) is 17.0 Å². The molecule has 1 N–H and O–H groups in total. The Morgan fingerprint density at radius 1 is 1.00 bits per heavy atom. The SMILES string of the molecule is CCCCc1ccc(-n2nc3ccc(NC(=O)c4ccc(N5CCCC5)c([N+](=O)[O-])c4)cc3n2)cc1. The summed E-state index contributed by atoms with van der Waals surface area (Å²) in [5.41, 5.74) is 4.77. The Hall–Kier alpha value is -4.27. The second-order valence-corrected chi connectivity index (χ2v) is 9.07. The Labute approximate surface area is 208 Å². The monoisotopic (exact) mass is 484 g/mol. The van der Waals surface area contributed by atoms with Gasteiger partial charge in [0.2, 0.25) is 0 Å². The van der Waals surface area contributed by atoms with Gasteiger partial charge in [0.25, 0.3) is 11.6 Å². The summed E-state index contributed by atoms with van der Waals surface area (Å²) in [7, 11) is 0. The first-order valence-corrected chi connectivity index (χ1v) is 12.3. The standard InChI is InChI=1S/C27H28N6O3/c1-2-3-6-19-7-11-22(12-8-19)32-29-23-13-10-21(18-24(23)30-32)28-27(34)20-9-14-25(26(17-20)33(35)36)31-15-4-5-16-31/h7-14,17-18H,2-6,15-16H2,1H3,(H,28,34). The van der Waals surface area contributed by atoms with Crippen LogP contribution in [-0.2, 0) is 6.42 Å². The fourth-order valence-corrected chi connectivity index (χ4v) is 4.52. The Bertz CT molecular complexity index is 1410. The van der Waals surface area contributed by atoms with Gasteiger partial charge in [-0.15, -0.1) is 10.2 Å². The molecule has 1 aliphatic rings. The van der Waals surface area contributed by atoms with Gasteiger partial charge in [-0.2, -0.15) is 4.80 Å². The summed E-state index contributed by atoms with van der Waals surface area (Å²) < 4.78 is 0. The average Bonchev–Trinajstić information content (AvgIpc) is 3.57. The minimum atomic E-state index is -0.425. The molecule has 1 fully saturated rings. The molecule has 1 amide bonds. The van der Waals surface area contributed by atoms with Crippen LogP contribution in [0, 0.1) is 10.1 Å². The van der Waals surface area contributed by atoms with Crippen molar-refractivity contribution >= 4 is 34.0 Å². The number of carbonyl (C=O) groups excluding carboxylic acids is 1. The normalized spacial score (nSPS) is 13.3. The molecule has 9 nitrogen and oxygen atoms in total. The third-order valence-corrected chi connectivity index (χ3v) is 6.51. The summed E-state index contributed by atoms with van der Waals surface area (Å²) in [5, 5.41) is 23.6. The molecular formula is C27H28N6O3. The van der Waals surface area contributed by atoms with Crippen LogP contribution < -0.4 is 10.2 Å². The van der Waals surface area contributed by atoms with Gasteiger partial charge in [0.05, 0.1) is 10.6 Å². The summed E-state index contributed by atoms with van der Waals surface area (Å²) in [6, 6.07) is 18.1. The summed E-state index contributed by atoms with van der Waals surface area (Å²) in [6.07, 6.45) is 5.40. The molecule has 1 aliphatic heterocycles. The number of aryl methyl sites for hydroxylation is 1. The highest BCUT2D eigenvalue weighted by atomic mass is 16.6. The third-order valence-electron chi connectivity index (χ3n) is 6.51. The van der Waals surface area contributed by atoms with Crippen LogP contribution in [0.3, 0.4) is 0 Å². The molecule has 1 saturated heterocycles. The number of nitro groups is 1. The maximum absolute atomic E-state index is 12.9. The molecule has 184 valence electrons. The molecule has 3 aromatic carbocycles. The fourth-order valence-electron chi connectivity index (χ4n) is 4.52. The van der Waals surface area contributed by atoms with E-state index in [0.29, 0.717) is 22.4 Å². The lowest BCUT2D eigenvalue weighted by molar-refractivity contribution is -0.384. The molecule has 0 bridgehead atoms. The van der Waals surface area contributed by atoms with Gasteiger partial charge in [-0.25, -0.2) is 0 Å². The number of rotatable bonds is 8. The zero-order valence-corrected chi connectivity index (χ0v) is 20.2. The first kappa shape index (κ1) is 23.5. The van der Waals surface area contributed by atoms with Gasteiger partial charge in [0.1, 0.15) is 16.7 Å². The predicted octanol–water partition coefficient (Wildman–Crippen LogP) is 5.52. The molecule has 2 heterocycles. The van der Waals surface area contributed by atoms with Gasteiger partial charge in [0, 0.05) is 30.4 Å². The highest BCUT2D eigenvalue weighted by Crippen LogP contribution is 2.32. The van der Waals surface area contributed by atoms with E-state index in [4.69, 9.17) is 0 Å². The number of nitrogens with one attached hydrogen (secondary N) is 1. The number of unbranched alkanes of at least 4 members (excludes halogenated alkanes) is 1. The maximum atomic E-state index is 12.9. The fraction of sp³-hybridized carbons (Fsp3) is 0.296. The van der Waals surface area contributed by atoms with Crippen LogP contribution in [0.1, 0.15) is 48.5 Å². The number of benzene rings is 3. The summed E-state index contributed by atoms with van der Waals surface area (Å²) in [4.78, 5) is 27.7. The molecule has 1 aromatic heterocycles. The van der Waals surface area contributed by atoms with Crippen molar-refractivity contribution in [3.05, 3.63) is 81.9 Å². The number of nitrogens with zero attached hydrogens (tertiary/aromatic N) is 5. The number of carbonyl (C=O) groups is 1. The third kappa shape index (κ3) is 4.91. The molecule has 4 aromatic rings. The van der Waals surface area contributed by atoms with Crippen LogP contribution in [0.4, 0.5) is 17.1 Å². The van der Waals surface area contributed by atoms with Gasteiger partial charge < -0.3 is 10.2 Å². The highest BCUT2D eigenvalue weighted by molar-refractivity contribution is 6.05. The van der Waals surface area contributed by atoms with Gasteiger partial charge in [-0.05, 0) is 73.7 Å². The lowest BCUT2D eigenvalue weighted by Crippen LogP contribution is -2.19. The van der Waals surface area contributed by atoms with Crippen molar-refractivity contribution in [3.8, 4) is 5.69 Å². The van der Waals surface area contributed by atoms with Crippen LogP contribution in [0.15, 0.2) is 60.7 Å². The Balaban J connectivity index is 1.34. The molecule has 0 radical (unpaired) electrons. The lowest BCUT2D eigenvalue weighted by atomic mass is 10.1. The Kier molecular flexibility index (Phi) is 6.62. The number of anilines is 2. The van der Waals surface area contributed by atoms with Crippen molar-refractivity contribution in [1.82, 2.24) is 15.0 Å². The second kappa shape index (κ2) is 10.2. The van der Waals surface area contributed by atoms with E-state index in [1.165, 1.54) is 11.6 Å². The van der Waals surface area contributed by atoms with Gasteiger partial charge in [-0.1, -0.05) is 25.5 Å². The number of nitro benzene ring substituents is 1. The number of hydrogen-bond acceptors (Lipinski definition) is 6. The molecule has 5 rings (SSSR count). The zero-order chi connectivity index (χ0) is 25.1. The molecule has 9 heteroatoms. The minimum absolute atomic E-state index is 0.0522. The van der Waals surface area contributed by atoms with Gasteiger partial charge in [-0.3, -0.25) is 14.9 Å². The smallest absolute Gasteiger partial charge is 0.293 e. The molecule has 0 aliphatic carbocycles. The molecule has 0 saturated carbocycles. The van der Waals surface area contributed by atoms with Crippen molar-refractivity contribution in [3.63, 3.8) is 0 Å². The highest BCUT2D eigenvalue weighted by Gasteiger charge is 2.24. The first-order valence-electron chi connectivity index (χ1n) is 12.3. The maximum Gasteiger partial charge on any atom is 0.293 e. The largest absolute Gasteiger partial charge is 0.366 e. The summed E-state index contributed by atoms with van der Waals surface area (Å²) in [6.45, 7) is 3.76. The van der Waals surface area contributed by atoms with E-state index in [2.05, 4.69) is 34.6 Å². The van der Waals surface area contributed by atoms with Crippen LogP contribution >= 0.6 is 0 Å². The van der Waals surface area contributed by atoms with Crippen LogP contribution in [0.5, 0.6) is 0 Å². The van der Waals surface area contributed by atoms with Crippen molar-refractivity contribution in [2.24, 2.45) is 0 Å². The zero-order valence-electron chi connectivity index (χ0n) is 20.2. The molecule has 0 spiro atoms. The topological polar surface area (TPSA) is 106 Å². The van der Waals surface area contributed by atoms with Crippen LogP contribution in [0.25, 0.3) is 16.7 Å². The average molecular weight is 485 g/mol. The van der Waals surface area contributed by atoms with Gasteiger partial charge >= 0.3 is 0 Å². The predicted molar refractivity (Wildman–Crippen MR) is 140 cm³/mol.